The van der Waals surface area contributed by atoms with E-state index >= 15 is 0 Å². The Balaban J connectivity index is 2.76. The third kappa shape index (κ3) is 2.58. The van der Waals surface area contributed by atoms with Gasteiger partial charge in [-0.2, -0.15) is 0 Å². The van der Waals surface area contributed by atoms with E-state index in [1.165, 1.54) is 12.8 Å². The number of ether oxygens (including phenoxy) is 1. The Morgan fingerprint density at radius 3 is 2.50 bits per heavy atom. The summed E-state index contributed by atoms with van der Waals surface area (Å²) in [5.41, 5.74) is 6.20. The van der Waals surface area contributed by atoms with Gasteiger partial charge in [-0.05, 0) is 33.2 Å². The van der Waals surface area contributed by atoms with Crippen molar-refractivity contribution in [1.29, 1.82) is 0 Å². The van der Waals surface area contributed by atoms with Gasteiger partial charge in [-0.3, -0.25) is 4.90 Å². The fraction of sp³-hybridized carbons (Fsp3) is 1.00. The lowest BCUT2D eigenvalue weighted by molar-refractivity contribution is 0.0212. The van der Waals surface area contributed by atoms with Crippen molar-refractivity contribution in [3.63, 3.8) is 0 Å². The predicted molar refractivity (Wildman–Crippen MR) is 68.6 cm³/mol. The van der Waals surface area contributed by atoms with Crippen LogP contribution in [0, 0.1) is 0 Å². The predicted octanol–water partition coefficient (Wildman–Crippen LogP) is 2.00. The second-order valence-corrected chi connectivity index (χ2v) is 5.07. The van der Waals surface area contributed by atoms with Crippen LogP contribution in [0.1, 0.15) is 46.5 Å². The third-order valence-corrected chi connectivity index (χ3v) is 4.34. The zero-order valence-electron chi connectivity index (χ0n) is 11.3. The number of nitrogens with zero attached hydrogens (tertiary/aromatic N) is 1. The van der Waals surface area contributed by atoms with E-state index in [9.17, 15) is 0 Å². The summed E-state index contributed by atoms with van der Waals surface area (Å²) in [5, 5.41) is 0. The van der Waals surface area contributed by atoms with Gasteiger partial charge in [0.2, 0.25) is 0 Å². The number of hydrogen-bond donors (Lipinski definition) is 1. The zero-order valence-corrected chi connectivity index (χ0v) is 11.3. The van der Waals surface area contributed by atoms with Gasteiger partial charge in [0.1, 0.15) is 0 Å². The molecule has 16 heavy (non-hydrogen) atoms. The van der Waals surface area contributed by atoms with E-state index in [1.54, 1.807) is 0 Å². The fourth-order valence-electron chi connectivity index (χ4n) is 3.04. The van der Waals surface area contributed by atoms with Crippen molar-refractivity contribution in [2.24, 2.45) is 5.73 Å². The standard InChI is InChI=1S/C13H28N2O/c1-5-8-13(6-2,10-14)15(4)12-7-9-16-11(12)3/h11-12H,5-10,14H2,1-4H3. The highest BCUT2D eigenvalue weighted by Crippen LogP contribution is 2.30. The first-order valence-corrected chi connectivity index (χ1v) is 6.66. The van der Waals surface area contributed by atoms with Crippen LogP contribution in [-0.4, -0.2) is 42.8 Å². The quantitative estimate of drug-likeness (QED) is 0.756. The third-order valence-electron chi connectivity index (χ3n) is 4.34. The molecule has 3 heteroatoms. The molecule has 1 rings (SSSR count). The Bertz CT molecular complexity index is 204. The second kappa shape index (κ2) is 5.99. The molecule has 0 aromatic heterocycles. The first kappa shape index (κ1) is 13.9. The van der Waals surface area contributed by atoms with Crippen molar-refractivity contribution in [2.75, 3.05) is 20.2 Å². The average molecular weight is 228 g/mol. The lowest BCUT2D eigenvalue weighted by Gasteiger charge is -2.45. The second-order valence-electron chi connectivity index (χ2n) is 5.07. The Morgan fingerprint density at radius 2 is 2.12 bits per heavy atom. The number of hydrogen-bond acceptors (Lipinski definition) is 3. The lowest BCUT2D eigenvalue weighted by atomic mass is 9.87. The van der Waals surface area contributed by atoms with E-state index in [-0.39, 0.29) is 5.54 Å². The lowest BCUT2D eigenvalue weighted by Crippen LogP contribution is -2.57. The van der Waals surface area contributed by atoms with E-state index in [0.717, 1.165) is 26.0 Å². The summed E-state index contributed by atoms with van der Waals surface area (Å²) in [4.78, 5) is 2.49. The molecule has 1 fully saturated rings. The molecule has 96 valence electrons. The smallest absolute Gasteiger partial charge is 0.0703 e. The molecule has 0 spiro atoms. The minimum absolute atomic E-state index is 0.168. The van der Waals surface area contributed by atoms with Crippen LogP contribution in [-0.2, 0) is 4.74 Å². The maximum atomic E-state index is 6.04. The van der Waals surface area contributed by atoms with E-state index in [4.69, 9.17) is 10.5 Å². The van der Waals surface area contributed by atoms with E-state index in [0.29, 0.717) is 12.1 Å². The van der Waals surface area contributed by atoms with Crippen LogP contribution in [0.25, 0.3) is 0 Å². The van der Waals surface area contributed by atoms with Crippen LogP contribution in [0.3, 0.4) is 0 Å². The molecule has 0 saturated carbocycles. The van der Waals surface area contributed by atoms with Gasteiger partial charge in [-0.25, -0.2) is 0 Å². The molecule has 0 aromatic rings. The summed E-state index contributed by atoms with van der Waals surface area (Å²) in [6.45, 7) is 8.31. The largest absolute Gasteiger partial charge is 0.377 e. The Hall–Kier alpha value is -0.120. The summed E-state index contributed by atoms with van der Waals surface area (Å²) < 4.78 is 5.67. The van der Waals surface area contributed by atoms with Crippen molar-refractivity contribution in [3.8, 4) is 0 Å². The first-order chi connectivity index (χ1) is 7.61. The first-order valence-electron chi connectivity index (χ1n) is 6.66. The van der Waals surface area contributed by atoms with Crippen molar-refractivity contribution in [1.82, 2.24) is 4.90 Å². The summed E-state index contributed by atoms with van der Waals surface area (Å²) in [7, 11) is 2.22. The monoisotopic (exact) mass is 228 g/mol. The maximum Gasteiger partial charge on any atom is 0.0703 e. The van der Waals surface area contributed by atoms with Gasteiger partial charge in [0.15, 0.2) is 0 Å². The number of likely N-dealkylation sites (N-methyl/N-ethyl adjacent to an activating group) is 1. The van der Waals surface area contributed by atoms with Gasteiger partial charge in [-0.15, -0.1) is 0 Å². The van der Waals surface area contributed by atoms with Crippen molar-refractivity contribution in [3.05, 3.63) is 0 Å². The molecule has 0 radical (unpaired) electrons. The summed E-state index contributed by atoms with van der Waals surface area (Å²) in [5.74, 6) is 0. The van der Waals surface area contributed by atoms with E-state index < -0.39 is 0 Å². The van der Waals surface area contributed by atoms with Gasteiger partial charge >= 0.3 is 0 Å². The molecule has 1 saturated heterocycles. The van der Waals surface area contributed by atoms with Crippen LogP contribution in [0.2, 0.25) is 0 Å². The molecule has 3 atom stereocenters. The summed E-state index contributed by atoms with van der Waals surface area (Å²) in [6, 6.07) is 0.537. The van der Waals surface area contributed by atoms with Gasteiger partial charge in [0, 0.05) is 24.7 Å². The van der Waals surface area contributed by atoms with Gasteiger partial charge in [0.05, 0.1) is 6.10 Å². The molecular formula is C13H28N2O. The highest BCUT2D eigenvalue weighted by atomic mass is 16.5. The van der Waals surface area contributed by atoms with Gasteiger partial charge in [-0.1, -0.05) is 20.3 Å². The number of nitrogens with two attached hydrogens (primary N) is 1. The molecule has 0 aliphatic carbocycles. The minimum atomic E-state index is 0.168. The molecule has 3 unspecified atom stereocenters. The SMILES string of the molecule is CCCC(CC)(CN)N(C)C1CCOC1C. The molecule has 1 aliphatic heterocycles. The van der Waals surface area contributed by atoms with E-state index in [1.807, 2.05) is 0 Å². The van der Waals surface area contributed by atoms with Crippen molar-refractivity contribution >= 4 is 0 Å². The fourth-order valence-corrected chi connectivity index (χ4v) is 3.04. The topological polar surface area (TPSA) is 38.5 Å². The van der Waals surface area contributed by atoms with Gasteiger partial charge < -0.3 is 10.5 Å². The highest BCUT2D eigenvalue weighted by molar-refractivity contribution is 4.95. The highest BCUT2D eigenvalue weighted by Gasteiger charge is 2.39. The molecule has 1 heterocycles. The Labute approximate surface area is 100 Å². The minimum Gasteiger partial charge on any atom is -0.377 e. The van der Waals surface area contributed by atoms with E-state index in [2.05, 4.69) is 32.7 Å². The molecule has 3 nitrogen and oxygen atoms in total. The molecular weight excluding hydrogens is 200 g/mol. The van der Waals surface area contributed by atoms with Crippen molar-refractivity contribution < 1.29 is 4.74 Å². The van der Waals surface area contributed by atoms with Crippen LogP contribution in [0.5, 0.6) is 0 Å². The normalized spacial score (nSPS) is 29.6. The average Bonchev–Trinajstić information content (AvgIpc) is 2.71. The molecule has 0 amide bonds. The molecule has 0 bridgehead atoms. The van der Waals surface area contributed by atoms with Crippen LogP contribution in [0.15, 0.2) is 0 Å². The number of rotatable bonds is 6. The summed E-state index contributed by atoms with van der Waals surface area (Å²) in [6.07, 6.45) is 4.98. The Morgan fingerprint density at radius 1 is 1.44 bits per heavy atom. The van der Waals surface area contributed by atoms with Crippen molar-refractivity contribution in [2.45, 2.75) is 64.1 Å². The maximum absolute atomic E-state index is 6.04. The van der Waals surface area contributed by atoms with Crippen LogP contribution >= 0.6 is 0 Å². The Kier molecular flexibility index (Phi) is 5.22. The zero-order chi connectivity index (χ0) is 12.2. The van der Waals surface area contributed by atoms with Crippen LogP contribution < -0.4 is 5.73 Å². The molecule has 0 aromatic carbocycles. The summed E-state index contributed by atoms with van der Waals surface area (Å²) >= 11 is 0. The molecule has 1 aliphatic rings. The van der Waals surface area contributed by atoms with Gasteiger partial charge in [0.25, 0.3) is 0 Å². The van der Waals surface area contributed by atoms with Crippen LogP contribution in [0.4, 0.5) is 0 Å². The molecule has 2 N–H and O–H groups in total.